The first-order valence-electron chi connectivity index (χ1n) is 6.50. The molecule has 0 saturated carbocycles. The van der Waals surface area contributed by atoms with Crippen molar-refractivity contribution in [1.82, 2.24) is 10.2 Å². The minimum absolute atomic E-state index is 0.0945. The van der Waals surface area contributed by atoms with E-state index in [9.17, 15) is 4.79 Å². The lowest BCUT2D eigenvalue weighted by atomic mass is 10.0. The number of morpholine rings is 1. The van der Waals surface area contributed by atoms with Crippen LogP contribution >= 0.6 is 0 Å². The van der Waals surface area contributed by atoms with E-state index >= 15 is 0 Å². The average molecular weight is 242 g/mol. The van der Waals surface area contributed by atoms with Gasteiger partial charge in [-0.2, -0.15) is 0 Å². The number of nitrogens with one attached hydrogen (secondary N) is 1. The van der Waals surface area contributed by atoms with Crippen LogP contribution in [0.15, 0.2) is 0 Å². The van der Waals surface area contributed by atoms with E-state index in [0.29, 0.717) is 38.8 Å². The lowest BCUT2D eigenvalue weighted by Crippen LogP contribution is -2.42. The minimum atomic E-state index is 0.0945. The van der Waals surface area contributed by atoms with E-state index in [0.717, 1.165) is 13.1 Å². The molecule has 0 spiro atoms. The molecule has 0 bridgehead atoms. The lowest BCUT2D eigenvalue weighted by Gasteiger charge is -2.27. The number of carbonyl (C=O) groups is 1. The number of piperidine rings is 1. The van der Waals surface area contributed by atoms with Gasteiger partial charge in [-0.15, -0.1) is 0 Å². The van der Waals surface area contributed by atoms with Gasteiger partial charge >= 0.3 is 0 Å². The second-order valence-corrected chi connectivity index (χ2v) is 4.72. The van der Waals surface area contributed by atoms with Gasteiger partial charge in [0.1, 0.15) is 6.61 Å². The molecule has 0 aromatic carbocycles. The molecule has 2 rings (SSSR count). The van der Waals surface area contributed by atoms with Crippen LogP contribution < -0.4 is 5.32 Å². The number of ether oxygens (including phenoxy) is 2. The topological polar surface area (TPSA) is 50.8 Å². The van der Waals surface area contributed by atoms with E-state index in [1.807, 2.05) is 4.90 Å². The highest BCUT2D eigenvalue weighted by molar-refractivity contribution is 5.77. The van der Waals surface area contributed by atoms with Crippen LogP contribution in [0.25, 0.3) is 0 Å². The van der Waals surface area contributed by atoms with E-state index in [4.69, 9.17) is 9.47 Å². The van der Waals surface area contributed by atoms with Gasteiger partial charge in [0, 0.05) is 19.6 Å². The number of nitrogens with zero attached hydrogens (tertiary/aromatic N) is 1. The molecule has 17 heavy (non-hydrogen) atoms. The zero-order valence-electron chi connectivity index (χ0n) is 10.3. The maximum absolute atomic E-state index is 11.8. The number of hydrogen-bond donors (Lipinski definition) is 1. The van der Waals surface area contributed by atoms with Gasteiger partial charge in [0.05, 0.1) is 19.8 Å². The zero-order valence-corrected chi connectivity index (χ0v) is 10.3. The van der Waals surface area contributed by atoms with Crippen LogP contribution in [0.1, 0.15) is 12.8 Å². The summed E-state index contributed by atoms with van der Waals surface area (Å²) in [5, 5.41) is 3.34. The first kappa shape index (κ1) is 12.8. The van der Waals surface area contributed by atoms with Crippen LogP contribution in [-0.4, -0.2) is 63.4 Å². The molecule has 5 heteroatoms. The molecular formula is C12H22N2O3. The molecule has 2 aliphatic rings. The Balaban J connectivity index is 1.58. The van der Waals surface area contributed by atoms with Crippen molar-refractivity contribution in [3.8, 4) is 0 Å². The molecule has 98 valence electrons. The van der Waals surface area contributed by atoms with Crippen molar-refractivity contribution in [2.45, 2.75) is 12.8 Å². The van der Waals surface area contributed by atoms with Crippen molar-refractivity contribution < 1.29 is 14.3 Å². The third kappa shape index (κ3) is 4.26. The number of hydrogen-bond acceptors (Lipinski definition) is 4. The Hall–Kier alpha value is -0.650. The average Bonchev–Trinajstić information content (AvgIpc) is 2.41. The smallest absolute Gasteiger partial charge is 0.248 e. The zero-order chi connectivity index (χ0) is 11.9. The highest BCUT2D eigenvalue weighted by atomic mass is 16.5. The molecule has 1 N–H and O–H groups in total. The lowest BCUT2D eigenvalue weighted by molar-refractivity contribution is -0.140. The Morgan fingerprint density at radius 3 is 2.94 bits per heavy atom. The molecule has 1 unspecified atom stereocenters. The van der Waals surface area contributed by atoms with Gasteiger partial charge in [0.15, 0.2) is 0 Å². The SMILES string of the molecule is O=C(COCC1CCCNC1)N1CCOCC1. The summed E-state index contributed by atoms with van der Waals surface area (Å²) in [5.74, 6) is 0.665. The van der Waals surface area contributed by atoms with Gasteiger partial charge in [-0.3, -0.25) is 4.79 Å². The molecule has 1 atom stereocenters. The maximum Gasteiger partial charge on any atom is 0.248 e. The molecule has 0 aliphatic carbocycles. The number of amides is 1. The summed E-state index contributed by atoms with van der Waals surface area (Å²) in [6.07, 6.45) is 2.42. The fourth-order valence-electron chi connectivity index (χ4n) is 2.28. The number of rotatable bonds is 4. The summed E-state index contributed by atoms with van der Waals surface area (Å²) in [7, 11) is 0. The number of carbonyl (C=O) groups excluding carboxylic acids is 1. The van der Waals surface area contributed by atoms with E-state index in [1.54, 1.807) is 0 Å². The Labute approximate surface area is 102 Å². The Kier molecular flexibility index (Phi) is 5.22. The normalized spacial score (nSPS) is 25.9. The monoisotopic (exact) mass is 242 g/mol. The highest BCUT2D eigenvalue weighted by Gasteiger charge is 2.18. The molecule has 0 radical (unpaired) electrons. The van der Waals surface area contributed by atoms with Crippen molar-refractivity contribution in [1.29, 1.82) is 0 Å². The first-order valence-corrected chi connectivity index (χ1v) is 6.50. The third-order valence-corrected chi connectivity index (χ3v) is 3.34. The molecule has 2 heterocycles. The van der Waals surface area contributed by atoms with Crippen LogP contribution in [0.5, 0.6) is 0 Å². The first-order chi connectivity index (χ1) is 8.36. The molecule has 5 nitrogen and oxygen atoms in total. The fraction of sp³-hybridized carbons (Fsp3) is 0.917. The van der Waals surface area contributed by atoms with Crippen molar-refractivity contribution in [3.05, 3.63) is 0 Å². The van der Waals surface area contributed by atoms with Crippen LogP contribution in [0.3, 0.4) is 0 Å². The largest absolute Gasteiger partial charge is 0.378 e. The predicted octanol–water partition coefficient (Wildman–Crippen LogP) is -0.139. The van der Waals surface area contributed by atoms with Gasteiger partial charge < -0.3 is 19.7 Å². The third-order valence-electron chi connectivity index (χ3n) is 3.34. The van der Waals surface area contributed by atoms with E-state index in [1.165, 1.54) is 12.8 Å². The second kappa shape index (κ2) is 6.93. The van der Waals surface area contributed by atoms with Crippen LogP contribution in [0.4, 0.5) is 0 Å². The summed E-state index contributed by atoms with van der Waals surface area (Å²) in [6, 6.07) is 0. The Morgan fingerprint density at radius 1 is 1.41 bits per heavy atom. The molecule has 2 saturated heterocycles. The van der Waals surface area contributed by atoms with Crippen LogP contribution in [0, 0.1) is 5.92 Å². The van der Waals surface area contributed by atoms with Crippen molar-refractivity contribution in [2.75, 3.05) is 52.6 Å². The van der Waals surface area contributed by atoms with Gasteiger partial charge in [-0.25, -0.2) is 0 Å². The van der Waals surface area contributed by atoms with E-state index in [2.05, 4.69) is 5.32 Å². The molecular weight excluding hydrogens is 220 g/mol. The van der Waals surface area contributed by atoms with E-state index in [-0.39, 0.29) is 12.5 Å². The Morgan fingerprint density at radius 2 is 2.24 bits per heavy atom. The van der Waals surface area contributed by atoms with Crippen LogP contribution in [-0.2, 0) is 14.3 Å². The minimum Gasteiger partial charge on any atom is -0.378 e. The van der Waals surface area contributed by atoms with Gasteiger partial charge in [-0.1, -0.05) is 0 Å². The quantitative estimate of drug-likeness (QED) is 0.745. The van der Waals surface area contributed by atoms with Gasteiger partial charge in [-0.05, 0) is 25.3 Å². The van der Waals surface area contributed by atoms with Gasteiger partial charge in [0.2, 0.25) is 5.91 Å². The second-order valence-electron chi connectivity index (χ2n) is 4.72. The fourth-order valence-corrected chi connectivity index (χ4v) is 2.28. The maximum atomic E-state index is 11.8. The Bertz CT molecular complexity index is 236. The summed E-state index contributed by atoms with van der Waals surface area (Å²) < 4.78 is 10.7. The summed E-state index contributed by atoms with van der Waals surface area (Å²) in [5.41, 5.74) is 0. The molecule has 1 amide bonds. The van der Waals surface area contributed by atoms with Crippen molar-refractivity contribution >= 4 is 5.91 Å². The van der Waals surface area contributed by atoms with E-state index < -0.39 is 0 Å². The highest BCUT2D eigenvalue weighted by Crippen LogP contribution is 2.10. The summed E-state index contributed by atoms with van der Waals surface area (Å²) in [4.78, 5) is 13.6. The van der Waals surface area contributed by atoms with Crippen LogP contribution in [0.2, 0.25) is 0 Å². The van der Waals surface area contributed by atoms with Crippen molar-refractivity contribution in [3.63, 3.8) is 0 Å². The molecule has 0 aromatic heterocycles. The summed E-state index contributed by atoms with van der Waals surface area (Å²) >= 11 is 0. The van der Waals surface area contributed by atoms with Gasteiger partial charge in [0.25, 0.3) is 0 Å². The standard InChI is InChI=1S/C12H22N2O3/c15-12(14-4-6-16-7-5-14)10-17-9-11-2-1-3-13-8-11/h11,13H,1-10H2. The summed E-state index contributed by atoms with van der Waals surface area (Å²) in [6.45, 7) is 5.76. The molecule has 2 fully saturated rings. The predicted molar refractivity (Wildman–Crippen MR) is 63.8 cm³/mol. The van der Waals surface area contributed by atoms with Crippen molar-refractivity contribution in [2.24, 2.45) is 5.92 Å². The molecule has 2 aliphatic heterocycles. The molecule has 0 aromatic rings.